The van der Waals surface area contributed by atoms with Crippen molar-refractivity contribution in [2.75, 3.05) is 7.11 Å². The van der Waals surface area contributed by atoms with Crippen molar-refractivity contribution in [1.29, 1.82) is 0 Å². The molecule has 3 atom stereocenters. The molecule has 7 nitrogen and oxygen atoms in total. The van der Waals surface area contributed by atoms with Crippen LogP contribution < -0.4 is 9.47 Å². The van der Waals surface area contributed by atoms with Crippen LogP contribution in [0.1, 0.15) is 78.8 Å². The minimum atomic E-state index is -0.490. The van der Waals surface area contributed by atoms with Crippen molar-refractivity contribution in [3.05, 3.63) is 124 Å². The van der Waals surface area contributed by atoms with Gasteiger partial charge in [0.2, 0.25) is 0 Å². The van der Waals surface area contributed by atoms with Gasteiger partial charge in [0.15, 0.2) is 11.5 Å². The number of hydrogen-bond donors (Lipinski definition) is 3. The zero-order valence-electron chi connectivity index (χ0n) is 30.8. The Bertz CT molecular complexity index is 2020. The number of rotatable bonds is 10. The Labute approximate surface area is 312 Å². The van der Waals surface area contributed by atoms with Crippen LogP contribution in [0.5, 0.6) is 17.2 Å². The van der Waals surface area contributed by atoms with Crippen LogP contribution in [-0.4, -0.2) is 34.3 Å². The van der Waals surface area contributed by atoms with Crippen LogP contribution in [-0.2, 0) is 48.4 Å². The molecule has 0 spiro atoms. The van der Waals surface area contributed by atoms with Gasteiger partial charge < -0.3 is 29.5 Å². The van der Waals surface area contributed by atoms with Crippen molar-refractivity contribution >= 4 is 16.6 Å². The van der Waals surface area contributed by atoms with E-state index in [1.165, 1.54) is 5.56 Å². The number of carbonyl (C=O) groups is 1. The highest BCUT2D eigenvalue weighted by Crippen LogP contribution is 2.36. The number of fused-ring (bicyclic) bond motifs is 9. The largest absolute Gasteiger partial charge is 0.508 e. The summed E-state index contributed by atoms with van der Waals surface area (Å²) in [6.45, 7) is 2.05. The fourth-order valence-corrected chi connectivity index (χ4v) is 7.61. The Hall–Kier alpha value is -5.19. The summed E-state index contributed by atoms with van der Waals surface area (Å²) in [6.07, 6.45) is 14.7. The number of unbranched alkanes of at least 4 members (excludes halogenated alkanes) is 1. The Balaban J connectivity index is 1.28. The smallest absolute Gasteiger partial charge is 0.161 e. The molecule has 7 heteroatoms. The van der Waals surface area contributed by atoms with Gasteiger partial charge in [-0.05, 0) is 131 Å². The normalized spacial score (nSPS) is 19.0. The highest BCUT2D eigenvalue weighted by atomic mass is 16.5. The Morgan fingerprint density at radius 3 is 2.58 bits per heavy atom. The van der Waals surface area contributed by atoms with Crippen LogP contribution in [0.3, 0.4) is 0 Å². The fraction of sp³-hybridized carbons (Fsp3) is 0.370. The fourth-order valence-electron chi connectivity index (χ4n) is 7.61. The molecule has 4 aromatic rings. The molecule has 2 aliphatic heterocycles. The van der Waals surface area contributed by atoms with Crippen molar-refractivity contribution in [3.8, 4) is 29.3 Å². The summed E-state index contributed by atoms with van der Waals surface area (Å²) in [5.74, 6) is 4.87. The standard InChI is InChI=1S/C46H50O7/c1-3-33-27-44(50)41-14-9-21-52-40(24-35-23-38(48)19-17-34(35)13-8-7-12-31-10-5-4-6-11-31)28-39(49)18-15-32-16-20-45(51-2)46(22-32)53-30-37-26-42(33)43(41)25-36(37)29-47/h4-6,10-11,16-17,19-20,22-23,25-27,34-35,40,47-48,50H,3,7-8,12-15,18,24,28-30H2,1-2H3/t34-,35-,40-/m0/s1. The zero-order chi connectivity index (χ0) is 37.2. The lowest BCUT2D eigenvalue weighted by Crippen LogP contribution is -2.24. The first-order valence-electron chi connectivity index (χ1n) is 18.8. The molecule has 4 aromatic carbocycles. The molecule has 7 rings (SSSR count). The number of ketones is 1. The average molecular weight is 715 g/mol. The summed E-state index contributed by atoms with van der Waals surface area (Å²) >= 11 is 0. The lowest BCUT2D eigenvalue weighted by Gasteiger charge is -2.28. The average Bonchev–Trinajstić information content (AvgIpc) is 3.17. The zero-order valence-corrected chi connectivity index (χ0v) is 30.8. The predicted molar refractivity (Wildman–Crippen MR) is 208 cm³/mol. The highest BCUT2D eigenvalue weighted by molar-refractivity contribution is 5.92. The first kappa shape index (κ1) is 37.6. The summed E-state index contributed by atoms with van der Waals surface area (Å²) in [6, 6.07) is 22.0. The van der Waals surface area contributed by atoms with Crippen molar-refractivity contribution in [1.82, 2.24) is 0 Å². The molecule has 53 heavy (non-hydrogen) atoms. The van der Waals surface area contributed by atoms with Gasteiger partial charge in [-0.25, -0.2) is 0 Å². The first-order chi connectivity index (χ1) is 25.8. The summed E-state index contributed by atoms with van der Waals surface area (Å²) in [4.78, 5) is 13.5. The number of Topliss-reactive ketones (excluding diaryl/α,β-unsaturated/α-hetero) is 1. The number of phenols is 1. The predicted octanol–water partition coefficient (Wildman–Crippen LogP) is 9.03. The second-order valence-electron chi connectivity index (χ2n) is 14.2. The second kappa shape index (κ2) is 18.0. The van der Waals surface area contributed by atoms with Gasteiger partial charge in [-0.3, -0.25) is 4.79 Å². The van der Waals surface area contributed by atoms with E-state index in [1.54, 1.807) is 19.3 Å². The number of ether oxygens (including phenoxy) is 3. The Morgan fingerprint density at radius 2 is 1.79 bits per heavy atom. The SMILES string of the molecule is CCc1cc(O)c2c3cc(CO)c(cc13)COc1cc(ccc1OC)CCC(=O)C[C@H](C[C@@H]1C=C(O)C=C[C@@H]1CCCCc1ccccc1)OC#CC2. The van der Waals surface area contributed by atoms with Gasteiger partial charge in [-0.1, -0.05) is 61.7 Å². The Kier molecular flexibility index (Phi) is 12.8. The summed E-state index contributed by atoms with van der Waals surface area (Å²) in [5.41, 5.74) is 5.43. The van der Waals surface area contributed by atoms with E-state index in [0.29, 0.717) is 48.3 Å². The van der Waals surface area contributed by atoms with E-state index in [2.05, 4.69) is 42.4 Å². The minimum Gasteiger partial charge on any atom is -0.508 e. The van der Waals surface area contributed by atoms with Gasteiger partial charge in [-0.2, -0.15) is 0 Å². The lowest BCUT2D eigenvalue weighted by atomic mass is 9.80. The van der Waals surface area contributed by atoms with Gasteiger partial charge in [0.05, 0.1) is 13.7 Å². The summed E-state index contributed by atoms with van der Waals surface area (Å²) in [5, 5.41) is 33.9. The third-order valence-corrected chi connectivity index (χ3v) is 10.6. The van der Waals surface area contributed by atoms with Crippen LogP contribution in [0, 0.1) is 23.9 Å². The van der Waals surface area contributed by atoms with Crippen molar-refractivity contribution in [2.24, 2.45) is 11.8 Å². The van der Waals surface area contributed by atoms with E-state index in [0.717, 1.165) is 53.1 Å². The van der Waals surface area contributed by atoms with E-state index >= 15 is 0 Å². The molecule has 276 valence electrons. The van der Waals surface area contributed by atoms with Crippen LogP contribution in [0.4, 0.5) is 0 Å². The molecule has 1 aliphatic carbocycles. The number of benzene rings is 4. The van der Waals surface area contributed by atoms with Gasteiger partial charge in [0.1, 0.15) is 36.1 Å². The van der Waals surface area contributed by atoms with E-state index < -0.39 is 6.10 Å². The molecule has 0 saturated carbocycles. The maximum atomic E-state index is 13.5. The summed E-state index contributed by atoms with van der Waals surface area (Å²) in [7, 11) is 1.60. The number of hydrogen-bond acceptors (Lipinski definition) is 7. The first-order valence-corrected chi connectivity index (χ1v) is 18.8. The monoisotopic (exact) mass is 714 g/mol. The molecule has 3 N–H and O–H groups in total. The van der Waals surface area contributed by atoms with Gasteiger partial charge >= 0.3 is 0 Å². The number of aromatic hydroxyl groups is 1. The van der Waals surface area contributed by atoms with Crippen LogP contribution >= 0.6 is 0 Å². The van der Waals surface area contributed by atoms with E-state index in [-0.39, 0.29) is 55.2 Å². The number of aliphatic hydroxyl groups is 2. The van der Waals surface area contributed by atoms with Crippen LogP contribution in [0.15, 0.2) is 90.7 Å². The Morgan fingerprint density at radius 1 is 0.943 bits per heavy atom. The molecule has 0 aromatic heterocycles. The second-order valence-corrected chi connectivity index (χ2v) is 14.2. The third-order valence-electron chi connectivity index (χ3n) is 10.6. The van der Waals surface area contributed by atoms with Crippen molar-refractivity contribution < 1.29 is 34.3 Å². The third kappa shape index (κ3) is 9.63. The molecular weight excluding hydrogens is 664 g/mol. The highest BCUT2D eigenvalue weighted by Gasteiger charge is 2.27. The van der Waals surface area contributed by atoms with Crippen molar-refractivity contribution in [3.63, 3.8) is 0 Å². The molecular formula is C46H50O7. The quantitative estimate of drug-likeness (QED) is 0.111. The molecule has 0 amide bonds. The molecule has 0 fully saturated rings. The van der Waals surface area contributed by atoms with Gasteiger partial charge in [-0.15, -0.1) is 0 Å². The lowest BCUT2D eigenvalue weighted by molar-refractivity contribution is -0.121. The van der Waals surface area contributed by atoms with Crippen LogP contribution in [0.2, 0.25) is 0 Å². The number of phenolic OH excluding ortho intramolecular Hbond substituents is 1. The number of carbonyl (C=O) groups excluding carboxylic acids is 1. The molecule has 0 saturated heterocycles. The van der Waals surface area contributed by atoms with Gasteiger partial charge in [0, 0.05) is 24.8 Å². The molecule has 0 radical (unpaired) electrons. The van der Waals surface area contributed by atoms with E-state index in [4.69, 9.17) is 14.2 Å². The summed E-state index contributed by atoms with van der Waals surface area (Å²) < 4.78 is 18.1. The van der Waals surface area contributed by atoms with E-state index in [1.807, 2.05) is 49.4 Å². The maximum absolute atomic E-state index is 13.5. The molecule has 6 bridgehead atoms. The van der Waals surface area contributed by atoms with Crippen molar-refractivity contribution in [2.45, 2.75) is 90.4 Å². The number of aryl methyl sites for hydroxylation is 3. The molecule has 0 unspecified atom stereocenters. The topological polar surface area (TPSA) is 105 Å². The molecule has 3 aliphatic rings. The van der Waals surface area contributed by atoms with Crippen LogP contribution in [0.25, 0.3) is 10.8 Å². The molecule has 2 heterocycles. The number of methoxy groups -OCH3 is 1. The van der Waals surface area contributed by atoms with Gasteiger partial charge in [0.25, 0.3) is 0 Å². The number of allylic oxidation sites excluding steroid dienone is 3. The maximum Gasteiger partial charge on any atom is 0.161 e. The minimum absolute atomic E-state index is 0.0140. The number of aliphatic hydroxyl groups excluding tert-OH is 2. The van der Waals surface area contributed by atoms with E-state index in [9.17, 15) is 20.1 Å².